The van der Waals surface area contributed by atoms with Gasteiger partial charge in [0, 0.05) is 5.56 Å². The Bertz CT molecular complexity index is 643. The molecule has 2 aromatic carbocycles. The number of aryl methyl sites for hydroxylation is 1. The molecule has 0 radical (unpaired) electrons. The van der Waals surface area contributed by atoms with E-state index in [0.29, 0.717) is 17.4 Å². The van der Waals surface area contributed by atoms with Crippen molar-refractivity contribution in [2.75, 3.05) is 0 Å². The molecule has 0 spiro atoms. The molecule has 0 amide bonds. The van der Waals surface area contributed by atoms with Crippen molar-refractivity contribution in [2.45, 2.75) is 6.92 Å². The van der Waals surface area contributed by atoms with E-state index >= 15 is 0 Å². The van der Waals surface area contributed by atoms with Crippen LogP contribution in [0.15, 0.2) is 36.9 Å². The maximum atomic E-state index is 13.9. The van der Waals surface area contributed by atoms with Gasteiger partial charge in [-0.3, -0.25) is 4.79 Å². The van der Waals surface area contributed by atoms with Gasteiger partial charge in [0.25, 0.3) is 0 Å². The Balaban J connectivity index is 2.62. The molecule has 0 atom stereocenters. The number of halogens is 2. The van der Waals surface area contributed by atoms with E-state index in [4.69, 9.17) is 0 Å². The summed E-state index contributed by atoms with van der Waals surface area (Å²) < 4.78 is 27.7. The molecular weight excluding hydrogens is 246 g/mol. The lowest BCUT2D eigenvalue weighted by atomic mass is 9.98. The van der Waals surface area contributed by atoms with Crippen LogP contribution in [0, 0.1) is 18.6 Å². The molecule has 0 N–H and O–H groups in total. The van der Waals surface area contributed by atoms with Gasteiger partial charge < -0.3 is 0 Å². The van der Waals surface area contributed by atoms with E-state index in [2.05, 4.69) is 6.58 Å². The molecule has 0 aliphatic carbocycles. The molecule has 0 saturated carbocycles. The highest BCUT2D eigenvalue weighted by molar-refractivity contribution is 5.80. The Hall–Kier alpha value is -2.29. The lowest BCUT2D eigenvalue weighted by molar-refractivity contribution is 0.111. The summed E-state index contributed by atoms with van der Waals surface area (Å²) in [5, 5.41) is 0. The average Bonchev–Trinajstić information content (AvgIpc) is 2.43. The SMILES string of the molecule is C=Cc1ccc(-c2cc(C)c(C=O)c(F)c2F)cc1. The van der Waals surface area contributed by atoms with Crippen molar-refractivity contribution in [1.82, 2.24) is 0 Å². The number of benzene rings is 2. The van der Waals surface area contributed by atoms with Gasteiger partial charge in [-0.2, -0.15) is 0 Å². The highest BCUT2D eigenvalue weighted by atomic mass is 19.2. The van der Waals surface area contributed by atoms with Gasteiger partial charge in [-0.1, -0.05) is 36.9 Å². The van der Waals surface area contributed by atoms with Crippen molar-refractivity contribution in [1.29, 1.82) is 0 Å². The maximum absolute atomic E-state index is 13.9. The number of carbonyl (C=O) groups is 1. The van der Waals surface area contributed by atoms with Gasteiger partial charge in [-0.25, -0.2) is 8.78 Å². The van der Waals surface area contributed by atoms with Crippen molar-refractivity contribution in [3.8, 4) is 11.1 Å². The fraction of sp³-hybridized carbons (Fsp3) is 0.0625. The van der Waals surface area contributed by atoms with E-state index in [9.17, 15) is 13.6 Å². The molecular formula is C16H12F2O. The number of rotatable bonds is 3. The normalized spacial score (nSPS) is 10.3. The molecule has 0 aliphatic heterocycles. The topological polar surface area (TPSA) is 17.1 Å². The number of hydrogen-bond donors (Lipinski definition) is 0. The second-order valence-electron chi connectivity index (χ2n) is 4.23. The van der Waals surface area contributed by atoms with Crippen LogP contribution in [0.2, 0.25) is 0 Å². The summed E-state index contributed by atoms with van der Waals surface area (Å²) in [6.07, 6.45) is 2.00. The molecule has 2 rings (SSSR count). The van der Waals surface area contributed by atoms with Crippen LogP contribution in [-0.2, 0) is 0 Å². The van der Waals surface area contributed by atoms with Gasteiger partial charge in [0.1, 0.15) is 0 Å². The second-order valence-corrected chi connectivity index (χ2v) is 4.23. The standard InChI is InChI=1S/C16H12F2O/c1-3-11-4-6-12(7-5-11)13-8-10(2)14(9-19)16(18)15(13)17/h3-9H,1H2,2H3. The lowest BCUT2D eigenvalue weighted by Crippen LogP contribution is -1.99. The molecule has 0 saturated heterocycles. The summed E-state index contributed by atoms with van der Waals surface area (Å²) >= 11 is 0. The molecule has 2 aromatic rings. The summed E-state index contributed by atoms with van der Waals surface area (Å²) in [5.41, 5.74) is 1.78. The van der Waals surface area contributed by atoms with E-state index in [0.717, 1.165) is 5.56 Å². The Labute approximate surface area is 110 Å². The van der Waals surface area contributed by atoms with Crippen molar-refractivity contribution in [3.63, 3.8) is 0 Å². The molecule has 0 aromatic heterocycles. The summed E-state index contributed by atoms with van der Waals surface area (Å²) in [6, 6.07) is 8.39. The zero-order chi connectivity index (χ0) is 14.0. The Morgan fingerprint density at radius 2 is 1.74 bits per heavy atom. The van der Waals surface area contributed by atoms with Crippen LogP contribution in [0.4, 0.5) is 8.78 Å². The fourth-order valence-electron chi connectivity index (χ4n) is 1.92. The minimum absolute atomic E-state index is 0.149. The smallest absolute Gasteiger partial charge is 0.170 e. The number of carbonyl (C=O) groups excluding carboxylic acids is 1. The first kappa shape index (κ1) is 13.1. The van der Waals surface area contributed by atoms with Crippen LogP contribution >= 0.6 is 0 Å². The third-order valence-corrected chi connectivity index (χ3v) is 3.03. The summed E-state index contributed by atoms with van der Waals surface area (Å²) in [4.78, 5) is 10.7. The number of hydrogen-bond acceptors (Lipinski definition) is 1. The largest absolute Gasteiger partial charge is 0.298 e. The third kappa shape index (κ3) is 2.32. The molecule has 0 unspecified atom stereocenters. The van der Waals surface area contributed by atoms with Crippen LogP contribution in [-0.4, -0.2) is 6.29 Å². The quantitative estimate of drug-likeness (QED) is 0.746. The van der Waals surface area contributed by atoms with Gasteiger partial charge in [-0.15, -0.1) is 0 Å². The number of aldehydes is 1. The van der Waals surface area contributed by atoms with E-state index in [1.54, 1.807) is 37.3 Å². The first-order valence-electron chi connectivity index (χ1n) is 5.75. The summed E-state index contributed by atoms with van der Waals surface area (Å²) in [7, 11) is 0. The van der Waals surface area contributed by atoms with E-state index in [-0.39, 0.29) is 11.1 Å². The fourth-order valence-corrected chi connectivity index (χ4v) is 1.92. The Morgan fingerprint density at radius 3 is 2.26 bits per heavy atom. The minimum Gasteiger partial charge on any atom is -0.298 e. The van der Waals surface area contributed by atoms with Crippen LogP contribution in [0.3, 0.4) is 0 Å². The van der Waals surface area contributed by atoms with Crippen molar-refractivity contribution in [2.24, 2.45) is 0 Å². The molecule has 3 heteroatoms. The summed E-state index contributed by atoms with van der Waals surface area (Å²) in [5.74, 6) is -2.10. The van der Waals surface area contributed by atoms with Crippen molar-refractivity contribution < 1.29 is 13.6 Å². The van der Waals surface area contributed by atoms with Crippen molar-refractivity contribution in [3.05, 3.63) is 65.2 Å². The predicted octanol–water partition coefficient (Wildman–Crippen LogP) is 4.40. The monoisotopic (exact) mass is 258 g/mol. The highest BCUT2D eigenvalue weighted by Gasteiger charge is 2.16. The van der Waals surface area contributed by atoms with E-state index < -0.39 is 11.6 Å². The third-order valence-electron chi connectivity index (χ3n) is 3.03. The van der Waals surface area contributed by atoms with E-state index in [1.165, 1.54) is 6.07 Å². The summed E-state index contributed by atoms with van der Waals surface area (Å²) in [6.45, 7) is 5.21. The molecule has 0 aliphatic rings. The van der Waals surface area contributed by atoms with Gasteiger partial charge in [0.05, 0.1) is 5.56 Å². The van der Waals surface area contributed by atoms with Crippen LogP contribution in [0.25, 0.3) is 17.2 Å². The maximum Gasteiger partial charge on any atom is 0.170 e. The Morgan fingerprint density at radius 1 is 1.11 bits per heavy atom. The van der Waals surface area contributed by atoms with Gasteiger partial charge in [0.15, 0.2) is 17.9 Å². The van der Waals surface area contributed by atoms with Crippen LogP contribution in [0.5, 0.6) is 0 Å². The van der Waals surface area contributed by atoms with Crippen molar-refractivity contribution >= 4 is 12.4 Å². The average molecular weight is 258 g/mol. The van der Waals surface area contributed by atoms with Gasteiger partial charge in [0.2, 0.25) is 0 Å². The minimum atomic E-state index is -1.10. The second kappa shape index (κ2) is 5.14. The molecule has 1 nitrogen and oxygen atoms in total. The molecule has 0 bridgehead atoms. The Kier molecular flexibility index (Phi) is 3.56. The van der Waals surface area contributed by atoms with Crippen LogP contribution < -0.4 is 0 Å². The first-order valence-corrected chi connectivity index (χ1v) is 5.75. The zero-order valence-corrected chi connectivity index (χ0v) is 10.4. The lowest BCUT2D eigenvalue weighted by Gasteiger charge is -2.09. The predicted molar refractivity (Wildman–Crippen MR) is 72.0 cm³/mol. The van der Waals surface area contributed by atoms with Gasteiger partial charge >= 0.3 is 0 Å². The first-order chi connectivity index (χ1) is 9.08. The van der Waals surface area contributed by atoms with E-state index in [1.807, 2.05) is 0 Å². The molecule has 19 heavy (non-hydrogen) atoms. The molecule has 0 fully saturated rings. The highest BCUT2D eigenvalue weighted by Crippen LogP contribution is 2.28. The van der Waals surface area contributed by atoms with Gasteiger partial charge in [-0.05, 0) is 29.7 Å². The molecule has 0 heterocycles. The van der Waals surface area contributed by atoms with Crippen LogP contribution in [0.1, 0.15) is 21.5 Å². The molecule has 96 valence electrons. The zero-order valence-electron chi connectivity index (χ0n) is 10.4.